The van der Waals surface area contributed by atoms with Gasteiger partial charge >= 0.3 is 0 Å². The van der Waals surface area contributed by atoms with E-state index < -0.39 is 0 Å². The van der Waals surface area contributed by atoms with Crippen LogP contribution in [-0.2, 0) is 0 Å². The molecule has 0 radical (unpaired) electrons. The van der Waals surface area contributed by atoms with Crippen molar-refractivity contribution in [3.63, 3.8) is 0 Å². The molecule has 0 bridgehead atoms. The zero-order chi connectivity index (χ0) is 5.40. The largest absolute Gasteiger partial charge is 0.390 e. The summed E-state index contributed by atoms with van der Waals surface area (Å²) in [5.41, 5.74) is 1.56. The van der Waals surface area contributed by atoms with Crippen LogP contribution in [0.1, 0.15) is 0 Å². The highest BCUT2D eigenvalue weighted by Crippen LogP contribution is 2.17. The van der Waals surface area contributed by atoms with Crippen LogP contribution in [0.4, 0.5) is 0 Å². The SMILES string of the molecule is Br.C1=C2CNCC2CN1. The number of nitrogens with one attached hydrogen (secondary N) is 2. The molecule has 1 saturated heterocycles. The fourth-order valence-corrected chi connectivity index (χ4v) is 1.37. The Balaban J connectivity index is 0.000000405. The molecule has 1 atom stereocenters. The molecule has 2 rings (SSSR count). The summed E-state index contributed by atoms with van der Waals surface area (Å²) in [7, 11) is 0. The maximum absolute atomic E-state index is 3.32. The van der Waals surface area contributed by atoms with Crippen LogP contribution < -0.4 is 10.6 Å². The second kappa shape index (κ2) is 2.71. The summed E-state index contributed by atoms with van der Waals surface area (Å²) in [6, 6.07) is 0. The number of fused-ring (bicyclic) bond motifs is 1. The van der Waals surface area contributed by atoms with E-state index in [4.69, 9.17) is 0 Å². The van der Waals surface area contributed by atoms with Crippen molar-refractivity contribution >= 4 is 17.0 Å². The van der Waals surface area contributed by atoms with Crippen molar-refractivity contribution in [2.45, 2.75) is 0 Å². The van der Waals surface area contributed by atoms with Gasteiger partial charge in [-0.2, -0.15) is 0 Å². The molecule has 0 aromatic carbocycles. The Bertz CT molecular complexity index is 133. The van der Waals surface area contributed by atoms with E-state index >= 15 is 0 Å². The minimum Gasteiger partial charge on any atom is -0.390 e. The predicted octanol–water partition coefficient (Wildman–Crippen LogP) is 0.271. The van der Waals surface area contributed by atoms with E-state index in [1.54, 1.807) is 5.57 Å². The van der Waals surface area contributed by atoms with Crippen molar-refractivity contribution < 1.29 is 0 Å². The van der Waals surface area contributed by atoms with E-state index in [0.29, 0.717) is 0 Å². The third-order valence-electron chi connectivity index (χ3n) is 1.90. The summed E-state index contributed by atoms with van der Waals surface area (Å²) in [4.78, 5) is 0. The van der Waals surface area contributed by atoms with Crippen LogP contribution in [0.2, 0.25) is 0 Å². The maximum Gasteiger partial charge on any atom is 0.0220 e. The normalized spacial score (nSPS) is 30.2. The van der Waals surface area contributed by atoms with Crippen molar-refractivity contribution in [2.75, 3.05) is 19.6 Å². The molecule has 0 spiro atoms. The van der Waals surface area contributed by atoms with E-state index in [1.165, 1.54) is 6.54 Å². The first kappa shape index (κ1) is 7.09. The Hall–Kier alpha value is -0.0200. The van der Waals surface area contributed by atoms with Crippen LogP contribution in [0.15, 0.2) is 11.8 Å². The highest BCUT2D eigenvalue weighted by molar-refractivity contribution is 8.93. The molecule has 0 saturated carbocycles. The predicted molar refractivity (Wildman–Crippen MR) is 42.8 cm³/mol. The molecular weight excluding hydrogens is 180 g/mol. The van der Waals surface area contributed by atoms with E-state index in [-0.39, 0.29) is 17.0 Å². The molecule has 9 heavy (non-hydrogen) atoms. The van der Waals surface area contributed by atoms with Crippen molar-refractivity contribution in [1.82, 2.24) is 10.6 Å². The Labute approximate surface area is 65.5 Å². The summed E-state index contributed by atoms with van der Waals surface area (Å²) in [5.74, 6) is 0.815. The number of rotatable bonds is 0. The van der Waals surface area contributed by atoms with Crippen molar-refractivity contribution in [2.24, 2.45) is 5.92 Å². The van der Waals surface area contributed by atoms with Crippen molar-refractivity contribution in [3.05, 3.63) is 11.8 Å². The second-order valence-electron chi connectivity index (χ2n) is 2.46. The van der Waals surface area contributed by atoms with Gasteiger partial charge in [-0.05, 0) is 11.8 Å². The molecule has 52 valence electrons. The van der Waals surface area contributed by atoms with Gasteiger partial charge in [0.1, 0.15) is 0 Å². The first-order chi connectivity index (χ1) is 3.97. The minimum atomic E-state index is 0. The Morgan fingerprint density at radius 2 is 2.33 bits per heavy atom. The molecule has 0 aliphatic carbocycles. The lowest BCUT2D eigenvalue weighted by atomic mass is 10.1. The standard InChI is InChI=1S/C6H10N2.BrH/c1-5-2-8-4-6(5)3-7-1;/h1,6-8H,2-4H2;1H. The van der Waals surface area contributed by atoms with Gasteiger partial charge in [0, 0.05) is 25.6 Å². The third-order valence-corrected chi connectivity index (χ3v) is 1.90. The van der Waals surface area contributed by atoms with E-state index in [2.05, 4.69) is 16.8 Å². The van der Waals surface area contributed by atoms with Gasteiger partial charge < -0.3 is 10.6 Å². The summed E-state index contributed by atoms with van der Waals surface area (Å²) < 4.78 is 0. The Morgan fingerprint density at radius 3 is 3.11 bits per heavy atom. The topological polar surface area (TPSA) is 24.1 Å². The second-order valence-corrected chi connectivity index (χ2v) is 2.46. The fourth-order valence-electron chi connectivity index (χ4n) is 1.37. The first-order valence-electron chi connectivity index (χ1n) is 3.10. The third kappa shape index (κ3) is 1.12. The van der Waals surface area contributed by atoms with E-state index in [9.17, 15) is 0 Å². The highest BCUT2D eigenvalue weighted by Gasteiger charge is 2.22. The summed E-state index contributed by atoms with van der Waals surface area (Å²) >= 11 is 0. The lowest BCUT2D eigenvalue weighted by Crippen LogP contribution is -2.16. The molecule has 1 unspecified atom stereocenters. The molecule has 3 heteroatoms. The molecule has 2 N–H and O–H groups in total. The molecular formula is C6H11BrN2. The summed E-state index contributed by atoms with van der Waals surface area (Å²) in [6.07, 6.45) is 2.14. The monoisotopic (exact) mass is 190 g/mol. The van der Waals surface area contributed by atoms with Crippen LogP contribution in [0.5, 0.6) is 0 Å². The van der Waals surface area contributed by atoms with Crippen LogP contribution in [0, 0.1) is 5.92 Å². The molecule has 0 aromatic heterocycles. The quantitative estimate of drug-likeness (QED) is 0.574. The average Bonchev–Trinajstić information content (AvgIpc) is 2.15. The lowest BCUT2D eigenvalue weighted by molar-refractivity contribution is 0.652. The molecule has 2 aliphatic rings. The molecule has 1 fully saturated rings. The van der Waals surface area contributed by atoms with Crippen LogP contribution in [-0.4, -0.2) is 19.6 Å². The van der Waals surface area contributed by atoms with Gasteiger partial charge in [-0.15, -0.1) is 17.0 Å². The Morgan fingerprint density at radius 1 is 1.44 bits per heavy atom. The fraction of sp³-hybridized carbons (Fsp3) is 0.667. The zero-order valence-corrected chi connectivity index (χ0v) is 6.90. The zero-order valence-electron chi connectivity index (χ0n) is 5.18. The molecule has 2 heterocycles. The molecule has 2 aliphatic heterocycles. The maximum atomic E-state index is 3.32. The summed E-state index contributed by atoms with van der Waals surface area (Å²) in [6.45, 7) is 3.44. The summed E-state index contributed by atoms with van der Waals surface area (Å²) in [5, 5.41) is 6.54. The van der Waals surface area contributed by atoms with Gasteiger partial charge in [-0.1, -0.05) is 0 Å². The Kier molecular flexibility index (Phi) is 2.13. The van der Waals surface area contributed by atoms with Gasteiger partial charge in [0.2, 0.25) is 0 Å². The van der Waals surface area contributed by atoms with Crippen molar-refractivity contribution in [1.29, 1.82) is 0 Å². The number of hydrogen-bond acceptors (Lipinski definition) is 2. The van der Waals surface area contributed by atoms with Crippen LogP contribution >= 0.6 is 17.0 Å². The van der Waals surface area contributed by atoms with Crippen LogP contribution in [0.25, 0.3) is 0 Å². The number of halogens is 1. The highest BCUT2D eigenvalue weighted by atomic mass is 79.9. The van der Waals surface area contributed by atoms with Gasteiger partial charge in [0.05, 0.1) is 0 Å². The average molecular weight is 191 g/mol. The van der Waals surface area contributed by atoms with Crippen LogP contribution in [0.3, 0.4) is 0 Å². The molecule has 2 nitrogen and oxygen atoms in total. The lowest BCUT2D eigenvalue weighted by Gasteiger charge is -1.97. The van der Waals surface area contributed by atoms with Gasteiger partial charge in [-0.3, -0.25) is 0 Å². The first-order valence-corrected chi connectivity index (χ1v) is 3.10. The smallest absolute Gasteiger partial charge is 0.0220 e. The van der Waals surface area contributed by atoms with Gasteiger partial charge in [0.25, 0.3) is 0 Å². The van der Waals surface area contributed by atoms with E-state index in [1.807, 2.05) is 0 Å². The minimum absolute atomic E-state index is 0. The van der Waals surface area contributed by atoms with E-state index in [0.717, 1.165) is 19.0 Å². The van der Waals surface area contributed by atoms with Crippen molar-refractivity contribution in [3.8, 4) is 0 Å². The molecule has 0 amide bonds. The molecule has 0 aromatic rings. The van der Waals surface area contributed by atoms with Gasteiger partial charge in [0.15, 0.2) is 0 Å². The van der Waals surface area contributed by atoms with Gasteiger partial charge in [-0.25, -0.2) is 0 Å². The number of hydrogen-bond donors (Lipinski definition) is 2.